The van der Waals surface area contributed by atoms with E-state index < -0.39 is 11.7 Å². The molecule has 4 nitrogen and oxygen atoms in total. The molecule has 0 radical (unpaired) electrons. The van der Waals surface area contributed by atoms with Crippen molar-refractivity contribution in [1.82, 2.24) is 15.5 Å². The van der Waals surface area contributed by atoms with Crippen LogP contribution in [0.25, 0.3) is 0 Å². The second-order valence-corrected chi connectivity index (χ2v) is 6.79. The molecule has 26 heavy (non-hydrogen) atoms. The van der Waals surface area contributed by atoms with Crippen LogP contribution in [0.3, 0.4) is 0 Å². The first-order valence-electron chi connectivity index (χ1n) is 9.25. The van der Waals surface area contributed by atoms with E-state index in [1.54, 1.807) is 7.05 Å². The van der Waals surface area contributed by atoms with Crippen molar-refractivity contribution in [3.05, 3.63) is 35.4 Å². The Balaban J connectivity index is 1.73. The predicted molar refractivity (Wildman–Crippen MR) is 99.1 cm³/mol. The lowest BCUT2D eigenvalue weighted by atomic mass is 9.97. The van der Waals surface area contributed by atoms with Gasteiger partial charge in [-0.05, 0) is 62.5 Å². The summed E-state index contributed by atoms with van der Waals surface area (Å²) in [5.41, 5.74) is 0.159. The van der Waals surface area contributed by atoms with Crippen molar-refractivity contribution in [3.63, 3.8) is 0 Å². The molecule has 1 saturated heterocycles. The molecule has 0 aromatic heterocycles. The van der Waals surface area contributed by atoms with E-state index in [4.69, 9.17) is 0 Å². The molecular formula is C19H29F3N4. The summed E-state index contributed by atoms with van der Waals surface area (Å²) in [4.78, 5) is 6.70. The fraction of sp³-hybridized carbons (Fsp3) is 0.632. The molecule has 0 saturated carbocycles. The molecule has 0 atom stereocenters. The summed E-state index contributed by atoms with van der Waals surface area (Å²) in [6.07, 6.45) is -0.731. The lowest BCUT2D eigenvalue weighted by molar-refractivity contribution is -0.137. The summed E-state index contributed by atoms with van der Waals surface area (Å²) < 4.78 is 37.8. The van der Waals surface area contributed by atoms with Gasteiger partial charge in [-0.1, -0.05) is 19.1 Å². The number of nitrogens with zero attached hydrogens (tertiary/aromatic N) is 2. The molecule has 1 heterocycles. The third kappa shape index (κ3) is 6.52. The molecule has 7 heteroatoms. The minimum Gasteiger partial charge on any atom is -0.356 e. The summed E-state index contributed by atoms with van der Waals surface area (Å²) in [5, 5.41) is 6.49. The number of aliphatic imine (C=N–C) groups is 1. The smallest absolute Gasteiger partial charge is 0.356 e. The third-order valence-electron chi connectivity index (χ3n) is 4.77. The molecule has 1 aliphatic heterocycles. The number of hydrogen-bond acceptors (Lipinski definition) is 2. The Bertz CT molecular complexity index is 561. The lowest BCUT2D eigenvalue weighted by Gasteiger charge is -2.32. The van der Waals surface area contributed by atoms with Crippen LogP contribution >= 0.6 is 0 Å². The maximum atomic E-state index is 12.6. The largest absolute Gasteiger partial charge is 0.416 e. The second-order valence-electron chi connectivity index (χ2n) is 6.79. The summed E-state index contributed by atoms with van der Waals surface area (Å²) in [5.74, 6) is 1.31. The standard InChI is InChI=1S/C19H29F3N4/c1-3-10-26-11-8-16(9-12-26)14-25-18(23-2)24-13-15-4-6-17(7-5-15)19(20,21)22/h4-7,16H,3,8-14H2,1-2H3,(H2,23,24,25). The zero-order valence-electron chi connectivity index (χ0n) is 15.6. The van der Waals surface area contributed by atoms with Gasteiger partial charge in [0.1, 0.15) is 0 Å². The van der Waals surface area contributed by atoms with E-state index in [1.807, 2.05) is 0 Å². The number of alkyl halides is 3. The molecule has 1 aromatic carbocycles. The highest BCUT2D eigenvalue weighted by atomic mass is 19.4. The third-order valence-corrected chi connectivity index (χ3v) is 4.77. The van der Waals surface area contributed by atoms with Crippen LogP contribution in [0.1, 0.15) is 37.3 Å². The van der Waals surface area contributed by atoms with Crippen LogP contribution in [0, 0.1) is 5.92 Å². The molecule has 0 amide bonds. The summed E-state index contributed by atoms with van der Waals surface area (Å²) in [7, 11) is 1.70. The minimum atomic E-state index is -4.30. The van der Waals surface area contributed by atoms with Crippen molar-refractivity contribution in [2.75, 3.05) is 33.2 Å². The van der Waals surface area contributed by atoms with Crippen LogP contribution in [-0.4, -0.2) is 44.1 Å². The number of likely N-dealkylation sites (tertiary alicyclic amines) is 1. The van der Waals surface area contributed by atoms with Crippen molar-refractivity contribution in [1.29, 1.82) is 0 Å². The molecule has 0 aliphatic carbocycles. The Morgan fingerprint density at radius 2 is 1.81 bits per heavy atom. The highest BCUT2D eigenvalue weighted by molar-refractivity contribution is 5.79. The van der Waals surface area contributed by atoms with Gasteiger partial charge in [0.05, 0.1) is 5.56 Å². The Morgan fingerprint density at radius 3 is 2.35 bits per heavy atom. The van der Waals surface area contributed by atoms with Gasteiger partial charge in [0, 0.05) is 20.1 Å². The average Bonchev–Trinajstić information content (AvgIpc) is 2.63. The molecule has 0 spiro atoms. The molecular weight excluding hydrogens is 341 g/mol. The van der Waals surface area contributed by atoms with Crippen molar-refractivity contribution in [3.8, 4) is 0 Å². The van der Waals surface area contributed by atoms with Crippen molar-refractivity contribution in [2.45, 2.75) is 38.9 Å². The van der Waals surface area contributed by atoms with Crippen LogP contribution in [0.15, 0.2) is 29.3 Å². The van der Waals surface area contributed by atoms with Gasteiger partial charge in [0.25, 0.3) is 0 Å². The first-order chi connectivity index (χ1) is 12.4. The fourth-order valence-corrected chi connectivity index (χ4v) is 3.19. The molecule has 1 aliphatic rings. The molecule has 1 aromatic rings. The number of rotatable bonds is 6. The van der Waals surface area contributed by atoms with E-state index in [2.05, 4.69) is 27.4 Å². The van der Waals surface area contributed by atoms with E-state index in [1.165, 1.54) is 37.9 Å². The second kappa shape index (κ2) is 9.80. The summed E-state index contributed by atoms with van der Waals surface area (Å²) in [6, 6.07) is 5.20. The van der Waals surface area contributed by atoms with E-state index in [0.717, 1.165) is 37.3 Å². The number of halogens is 3. The van der Waals surface area contributed by atoms with Crippen LogP contribution in [0.4, 0.5) is 13.2 Å². The molecule has 1 fully saturated rings. The monoisotopic (exact) mass is 370 g/mol. The van der Waals surface area contributed by atoms with Gasteiger partial charge in [0.2, 0.25) is 0 Å². The zero-order valence-corrected chi connectivity index (χ0v) is 15.6. The summed E-state index contributed by atoms with van der Waals surface area (Å²) >= 11 is 0. The van der Waals surface area contributed by atoms with Crippen LogP contribution in [-0.2, 0) is 12.7 Å². The molecule has 2 rings (SSSR count). The first kappa shape index (κ1) is 20.6. The Morgan fingerprint density at radius 1 is 1.15 bits per heavy atom. The lowest BCUT2D eigenvalue weighted by Crippen LogP contribution is -2.42. The quantitative estimate of drug-likeness (QED) is 0.595. The van der Waals surface area contributed by atoms with Crippen LogP contribution in [0.2, 0.25) is 0 Å². The molecule has 2 N–H and O–H groups in total. The van der Waals surface area contributed by atoms with Gasteiger partial charge in [-0.25, -0.2) is 0 Å². The van der Waals surface area contributed by atoms with Gasteiger partial charge in [-0.3, -0.25) is 4.99 Å². The number of guanidine groups is 1. The fourth-order valence-electron chi connectivity index (χ4n) is 3.19. The van der Waals surface area contributed by atoms with Crippen LogP contribution < -0.4 is 10.6 Å². The van der Waals surface area contributed by atoms with Gasteiger partial charge in [-0.15, -0.1) is 0 Å². The first-order valence-corrected chi connectivity index (χ1v) is 9.25. The maximum Gasteiger partial charge on any atom is 0.416 e. The van der Waals surface area contributed by atoms with E-state index in [0.29, 0.717) is 18.4 Å². The number of benzene rings is 1. The Labute approximate surface area is 153 Å². The summed E-state index contributed by atoms with van der Waals surface area (Å²) in [6.45, 7) is 6.99. The number of hydrogen-bond donors (Lipinski definition) is 2. The molecule has 0 unspecified atom stereocenters. The normalized spacial score (nSPS) is 17.3. The van der Waals surface area contributed by atoms with E-state index in [-0.39, 0.29) is 0 Å². The topological polar surface area (TPSA) is 39.7 Å². The maximum absolute atomic E-state index is 12.6. The van der Waals surface area contributed by atoms with Crippen molar-refractivity contribution >= 4 is 5.96 Å². The Kier molecular flexibility index (Phi) is 7.75. The van der Waals surface area contributed by atoms with Gasteiger partial charge >= 0.3 is 6.18 Å². The highest BCUT2D eigenvalue weighted by Crippen LogP contribution is 2.29. The number of nitrogens with one attached hydrogen (secondary N) is 2. The molecule has 146 valence electrons. The zero-order chi connectivity index (χ0) is 19.0. The number of piperidine rings is 1. The highest BCUT2D eigenvalue weighted by Gasteiger charge is 2.29. The van der Waals surface area contributed by atoms with Crippen molar-refractivity contribution < 1.29 is 13.2 Å². The average molecular weight is 370 g/mol. The van der Waals surface area contributed by atoms with Gasteiger partial charge < -0.3 is 15.5 Å². The molecule has 0 bridgehead atoms. The van der Waals surface area contributed by atoms with Crippen molar-refractivity contribution in [2.24, 2.45) is 10.9 Å². The Hall–Kier alpha value is -1.76. The predicted octanol–water partition coefficient (Wildman–Crippen LogP) is 3.49. The van der Waals surface area contributed by atoms with Gasteiger partial charge in [-0.2, -0.15) is 13.2 Å². The van der Waals surface area contributed by atoms with E-state index >= 15 is 0 Å². The van der Waals surface area contributed by atoms with Crippen LogP contribution in [0.5, 0.6) is 0 Å². The van der Waals surface area contributed by atoms with Gasteiger partial charge in [0.15, 0.2) is 5.96 Å². The minimum absolute atomic E-state index is 0.437. The SMILES string of the molecule is CCCN1CCC(CNC(=NC)NCc2ccc(C(F)(F)F)cc2)CC1. The van der Waals surface area contributed by atoms with E-state index in [9.17, 15) is 13.2 Å².